The van der Waals surface area contributed by atoms with Crippen molar-refractivity contribution < 1.29 is 23.1 Å². The highest BCUT2D eigenvalue weighted by atomic mass is 32.2. The first-order valence-electron chi connectivity index (χ1n) is 8.89. The molecule has 0 heterocycles. The Morgan fingerprint density at radius 2 is 1.66 bits per heavy atom. The largest absolute Gasteiger partial charge is 0.487 e. The van der Waals surface area contributed by atoms with E-state index < -0.39 is 16.0 Å². The van der Waals surface area contributed by atoms with Crippen LogP contribution in [0.5, 0.6) is 5.75 Å². The molecular weight excluding hydrogens is 390 g/mol. The number of carboxylic acid groups (broad SMARTS) is 1. The SMILES string of the molecule is Cc1ccc(N(C)S(=O)(=O)c2ccccc2)c(OCc2ccc(C(=O)O)cc2)c1. The number of hydrogen-bond donors (Lipinski definition) is 1. The fraction of sp³-hybridized carbons (Fsp3) is 0.136. The number of benzene rings is 3. The van der Waals surface area contributed by atoms with Crippen LogP contribution in [0, 0.1) is 6.92 Å². The summed E-state index contributed by atoms with van der Waals surface area (Å²) in [5, 5.41) is 8.99. The molecule has 0 unspecified atom stereocenters. The summed E-state index contributed by atoms with van der Waals surface area (Å²) >= 11 is 0. The Kier molecular flexibility index (Phi) is 5.89. The van der Waals surface area contributed by atoms with E-state index in [9.17, 15) is 13.2 Å². The molecule has 3 rings (SSSR count). The van der Waals surface area contributed by atoms with Crippen LogP contribution in [-0.2, 0) is 16.6 Å². The summed E-state index contributed by atoms with van der Waals surface area (Å²) in [6.07, 6.45) is 0. The first-order valence-corrected chi connectivity index (χ1v) is 10.3. The number of rotatable bonds is 7. The van der Waals surface area contributed by atoms with Crippen LogP contribution < -0.4 is 9.04 Å². The normalized spacial score (nSPS) is 11.1. The molecule has 0 aromatic heterocycles. The molecule has 6 nitrogen and oxygen atoms in total. The maximum Gasteiger partial charge on any atom is 0.335 e. The number of hydrogen-bond acceptors (Lipinski definition) is 4. The van der Waals surface area contributed by atoms with Gasteiger partial charge in [-0.3, -0.25) is 4.31 Å². The van der Waals surface area contributed by atoms with Crippen LogP contribution in [0.25, 0.3) is 0 Å². The van der Waals surface area contributed by atoms with Gasteiger partial charge in [-0.25, -0.2) is 13.2 Å². The average Bonchev–Trinajstić information content (AvgIpc) is 2.72. The van der Waals surface area contributed by atoms with Gasteiger partial charge in [0.15, 0.2) is 0 Å². The second-order valence-electron chi connectivity index (χ2n) is 6.55. The van der Waals surface area contributed by atoms with Crippen molar-refractivity contribution in [2.24, 2.45) is 0 Å². The zero-order chi connectivity index (χ0) is 21.0. The number of sulfonamides is 1. The Bertz CT molecular complexity index is 1110. The van der Waals surface area contributed by atoms with Crippen molar-refractivity contribution in [2.75, 3.05) is 11.4 Å². The van der Waals surface area contributed by atoms with E-state index in [0.29, 0.717) is 11.4 Å². The second-order valence-corrected chi connectivity index (χ2v) is 8.52. The summed E-state index contributed by atoms with van der Waals surface area (Å²) in [4.78, 5) is 11.2. The van der Waals surface area contributed by atoms with E-state index in [1.807, 2.05) is 13.0 Å². The molecule has 0 aliphatic carbocycles. The topological polar surface area (TPSA) is 83.9 Å². The first-order chi connectivity index (χ1) is 13.8. The maximum atomic E-state index is 13.0. The van der Waals surface area contributed by atoms with Crippen LogP contribution in [0.3, 0.4) is 0 Å². The number of ether oxygens (including phenoxy) is 1. The fourth-order valence-corrected chi connectivity index (χ4v) is 4.01. The third-order valence-electron chi connectivity index (χ3n) is 4.45. The van der Waals surface area contributed by atoms with Gasteiger partial charge in [0.1, 0.15) is 12.4 Å². The van der Waals surface area contributed by atoms with Crippen LogP contribution in [0.4, 0.5) is 5.69 Å². The summed E-state index contributed by atoms with van der Waals surface area (Å²) in [6, 6.07) is 19.9. The molecule has 150 valence electrons. The van der Waals surface area contributed by atoms with E-state index in [2.05, 4.69) is 0 Å². The highest BCUT2D eigenvalue weighted by molar-refractivity contribution is 7.92. The molecule has 0 bridgehead atoms. The monoisotopic (exact) mass is 411 g/mol. The van der Waals surface area contributed by atoms with E-state index in [-0.39, 0.29) is 17.1 Å². The quantitative estimate of drug-likeness (QED) is 0.633. The molecule has 0 spiro atoms. The maximum absolute atomic E-state index is 13.0. The van der Waals surface area contributed by atoms with Gasteiger partial charge < -0.3 is 9.84 Å². The molecule has 3 aromatic carbocycles. The van der Waals surface area contributed by atoms with Gasteiger partial charge in [-0.2, -0.15) is 0 Å². The Labute approximate surface area is 170 Å². The van der Waals surface area contributed by atoms with Crippen molar-refractivity contribution in [3.8, 4) is 5.75 Å². The van der Waals surface area contributed by atoms with Gasteiger partial charge in [0.25, 0.3) is 10.0 Å². The molecular formula is C22H21NO5S. The van der Waals surface area contributed by atoms with E-state index in [1.54, 1.807) is 54.6 Å². The van der Waals surface area contributed by atoms with Crippen LogP contribution >= 0.6 is 0 Å². The first kappa shape index (κ1) is 20.4. The third-order valence-corrected chi connectivity index (χ3v) is 6.24. The van der Waals surface area contributed by atoms with E-state index in [1.165, 1.54) is 23.5 Å². The van der Waals surface area contributed by atoms with Crippen molar-refractivity contribution in [1.82, 2.24) is 0 Å². The molecule has 0 amide bonds. The Morgan fingerprint density at radius 1 is 1.00 bits per heavy atom. The van der Waals surface area contributed by atoms with Crippen LogP contribution in [0.15, 0.2) is 77.7 Å². The number of anilines is 1. The summed E-state index contributed by atoms with van der Waals surface area (Å²) in [6.45, 7) is 2.07. The van der Waals surface area contributed by atoms with Gasteiger partial charge in [0.05, 0.1) is 16.1 Å². The van der Waals surface area contributed by atoms with Gasteiger partial charge in [-0.15, -0.1) is 0 Å². The van der Waals surface area contributed by atoms with Crippen LogP contribution in [0.2, 0.25) is 0 Å². The highest BCUT2D eigenvalue weighted by Crippen LogP contribution is 2.33. The zero-order valence-corrected chi connectivity index (χ0v) is 16.9. The minimum absolute atomic E-state index is 0.176. The molecule has 29 heavy (non-hydrogen) atoms. The summed E-state index contributed by atoms with van der Waals surface area (Å²) in [7, 11) is -2.25. The summed E-state index contributed by atoms with van der Waals surface area (Å²) in [5.74, 6) is -0.569. The third kappa shape index (κ3) is 4.57. The van der Waals surface area contributed by atoms with Crippen molar-refractivity contribution >= 4 is 21.7 Å². The Balaban J connectivity index is 1.87. The van der Waals surface area contributed by atoms with Gasteiger partial charge in [0.2, 0.25) is 0 Å². The highest BCUT2D eigenvalue weighted by Gasteiger charge is 2.23. The molecule has 0 saturated heterocycles. The molecule has 0 atom stereocenters. The second kappa shape index (κ2) is 8.36. The Morgan fingerprint density at radius 3 is 2.28 bits per heavy atom. The van der Waals surface area contributed by atoms with Gasteiger partial charge in [-0.1, -0.05) is 36.4 Å². The molecule has 7 heteroatoms. The lowest BCUT2D eigenvalue weighted by atomic mass is 10.1. The van der Waals surface area contributed by atoms with Crippen LogP contribution in [-0.4, -0.2) is 26.5 Å². The number of carboxylic acids is 1. The van der Waals surface area contributed by atoms with Gasteiger partial charge in [0, 0.05) is 7.05 Å². The number of aromatic carboxylic acids is 1. The smallest absolute Gasteiger partial charge is 0.335 e. The lowest BCUT2D eigenvalue weighted by molar-refractivity contribution is 0.0697. The fourth-order valence-electron chi connectivity index (χ4n) is 2.78. The van der Waals surface area contributed by atoms with Crippen molar-refractivity contribution in [3.05, 3.63) is 89.5 Å². The van der Waals surface area contributed by atoms with Crippen molar-refractivity contribution in [2.45, 2.75) is 18.4 Å². The molecule has 0 fully saturated rings. The van der Waals surface area contributed by atoms with E-state index >= 15 is 0 Å². The number of carbonyl (C=O) groups is 1. The lowest BCUT2D eigenvalue weighted by Crippen LogP contribution is -2.27. The van der Waals surface area contributed by atoms with Gasteiger partial charge >= 0.3 is 5.97 Å². The average molecular weight is 411 g/mol. The lowest BCUT2D eigenvalue weighted by Gasteiger charge is -2.23. The molecule has 0 aliphatic rings. The summed E-state index contributed by atoms with van der Waals surface area (Å²) < 4.78 is 33.0. The minimum Gasteiger partial charge on any atom is -0.487 e. The standard InChI is InChI=1S/C22H21NO5S/c1-16-8-13-20(23(2)29(26,27)19-6-4-3-5-7-19)21(14-16)28-15-17-9-11-18(12-10-17)22(24)25/h3-14H,15H2,1-2H3,(H,24,25). The van der Waals surface area contributed by atoms with E-state index in [0.717, 1.165) is 11.1 Å². The van der Waals surface area contributed by atoms with Crippen molar-refractivity contribution in [1.29, 1.82) is 0 Å². The molecule has 1 N–H and O–H groups in total. The van der Waals surface area contributed by atoms with Gasteiger partial charge in [-0.05, 0) is 54.4 Å². The predicted molar refractivity (Wildman–Crippen MR) is 111 cm³/mol. The Hall–Kier alpha value is -3.32. The zero-order valence-electron chi connectivity index (χ0n) is 16.1. The molecule has 0 radical (unpaired) electrons. The predicted octanol–water partition coefficient (Wildman–Crippen LogP) is 4.10. The van der Waals surface area contributed by atoms with E-state index in [4.69, 9.17) is 9.84 Å². The number of nitrogens with zero attached hydrogens (tertiary/aromatic N) is 1. The molecule has 0 saturated carbocycles. The molecule has 0 aliphatic heterocycles. The minimum atomic E-state index is -3.74. The summed E-state index contributed by atoms with van der Waals surface area (Å²) in [5.41, 5.74) is 2.31. The number of aryl methyl sites for hydroxylation is 1. The molecule has 3 aromatic rings. The van der Waals surface area contributed by atoms with Crippen LogP contribution in [0.1, 0.15) is 21.5 Å². The van der Waals surface area contributed by atoms with Crippen molar-refractivity contribution in [3.63, 3.8) is 0 Å².